The fourth-order valence-electron chi connectivity index (χ4n) is 1.48. The van der Waals surface area contributed by atoms with Gasteiger partial charge in [-0.25, -0.2) is 4.98 Å². The summed E-state index contributed by atoms with van der Waals surface area (Å²) in [5, 5.41) is 12.9. The van der Waals surface area contributed by atoms with E-state index in [4.69, 9.17) is 0 Å². The third-order valence-corrected chi connectivity index (χ3v) is 1.99. The molecule has 1 rings (SSSR count). The minimum Gasteiger partial charge on any atom is -0.387 e. The van der Waals surface area contributed by atoms with Crippen LogP contribution >= 0.6 is 0 Å². The van der Waals surface area contributed by atoms with Gasteiger partial charge in [0.05, 0.1) is 11.9 Å². The third-order valence-electron chi connectivity index (χ3n) is 1.99. The van der Waals surface area contributed by atoms with Crippen LogP contribution in [0.25, 0.3) is 0 Å². The Hall–Kier alpha value is -1.40. The van der Waals surface area contributed by atoms with Crippen molar-refractivity contribution in [3.05, 3.63) is 22.7 Å². The summed E-state index contributed by atoms with van der Waals surface area (Å²) in [6.45, 7) is 2.60. The van der Waals surface area contributed by atoms with E-state index in [1.807, 2.05) is 19.0 Å². The first-order valence-corrected chi connectivity index (χ1v) is 5.05. The molecule has 0 spiro atoms. The van der Waals surface area contributed by atoms with Crippen LogP contribution < -0.4 is 10.9 Å². The van der Waals surface area contributed by atoms with Crippen LogP contribution in [0.15, 0.2) is 17.2 Å². The van der Waals surface area contributed by atoms with Gasteiger partial charge in [0.2, 0.25) is 0 Å². The summed E-state index contributed by atoms with van der Waals surface area (Å²) in [5.41, 5.74) is -1.09. The maximum Gasteiger partial charge on any atom is 0.252 e. The number of nitrogens with zero attached hydrogens (tertiary/aromatic N) is 2. The number of aromatic nitrogens is 2. The Labute approximate surface area is 94.3 Å². The second kappa shape index (κ2) is 5.09. The van der Waals surface area contributed by atoms with Crippen LogP contribution in [0.3, 0.4) is 0 Å². The average molecular weight is 226 g/mol. The highest BCUT2D eigenvalue weighted by Crippen LogP contribution is 2.06. The molecule has 1 aromatic rings. The van der Waals surface area contributed by atoms with Gasteiger partial charge in [-0.15, -0.1) is 0 Å². The Bertz CT molecular complexity index is 386. The van der Waals surface area contributed by atoms with Gasteiger partial charge in [0.15, 0.2) is 0 Å². The van der Waals surface area contributed by atoms with Crippen molar-refractivity contribution >= 4 is 5.82 Å². The lowest BCUT2D eigenvalue weighted by Crippen LogP contribution is -2.43. The molecule has 0 amide bonds. The Morgan fingerprint density at radius 2 is 2.31 bits per heavy atom. The highest BCUT2D eigenvalue weighted by atomic mass is 16.3. The molecule has 16 heavy (non-hydrogen) atoms. The van der Waals surface area contributed by atoms with Crippen molar-refractivity contribution in [1.82, 2.24) is 14.9 Å². The fourth-order valence-corrected chi connectivity index (χ4v) is 1.48. The summed E-state index contributed by atoms with van der Waals surface area (Å²) in [5.74, 6) is 0.461. The van der Waals surface area contributed by atoms with Gasteiger partial charge >= 0.3 is 0 Å². The molecule has 3 N–H and O–H groups in total. The largest absolute Gasteiger partial charge is 0.387 e. The summed E-state index contributed by atoms with van der Waals surface area (Å²) in [7, 11) is 3.78. The lowest BCUT2D eigenvalue weighted by Gasteiger charge is -2.27. The molecule has 0 aromatic carbocycles. The minimum atomic E-state index is -0.867. The molecular weight excluding hydrogens is 208 g/mol. The Morgan fingerprint density at radius 1 is 1.62 bits per heavy atom. The lowest BCUT2D eigenvalue weighted by molar-refractivity contribution is 0.0459. The first-order valence-electron chi connectivity index (χ1n) is 5.05. The SMILES string of the molecule is CN(C)CC(C)(O)CNc1cc(=O)[nH]cn1. The van der Waals surface area contributed by atoms with Crippen molar-refractivity contribution < 1.29 is 5.11 Å². The maximum atomic E-state index is 11.0. The summed E-state index contributed by atoms with van der Waals surface area (Å²) in [4.78, 5) is 19.2. The molecule has 0 fully saturated rings. The molecule has 6 nitrogen and oxygen atoms in total. The highest BCUT2D eigenvalue weighted by molar-refractivity contribution is 5.32. The molecule has 0 saturated carbocycles. The van der Waals surface area contributed by atoms with Crippen LogP contribution in [-0.2, 0) is 0 Å². The number of aromatic amines is 1. The number of hydrogen-bond donors (Lipinski definition) is 3. The molecule has 0 saturated heterocycles. The number of H-pyrrole nitrogens is 1. The smallest absolute Gasteiger partial charge is 0.252 e. The number of aliphatic hydroxyl groups is 1. The summed E-state index contributed by atoms with van der Waals surface area (Å²) in [6.07, 6.45) is 1.32. The third kappa shape index (κ3) is 4.41. The van der Waals surface area contributed by atoms with Crippen molar-refractivity contribution in [2.45, 2.75) is 12.5 Å². The second-order valence-electron chi connectivity index (χ2n) is 4.38. The quantitative estimate of drug-likeness (QED) is 0.630. The molecule has 0 aliphatic heterocycles. The number of anilines is 1. The Morgan fingerprint density at radius 3 is 2.88 bits per heavy atom. The molecule has 0 aliphatic rings. The molecule has 0 radical (unpaired) electrons. The van der Waals surface area contributed by atoms with Crippen LogP contribution in [0.4, 0.5) is 5.82 Å². The Kier molecular flexibility index (Phi) is 4.03. The van der Waals surface area contributed by atoms with Crippen LogP contribution in [0.2, 0.25) is 0 Å². The summed E-state index contributed by atoms with van der Waals surface area (Å²) < 4.78 is 0. The van der Waals surface area contributed by atoms with Gasteiger partial charge in [-0.3, -0.25) is 4.79 Å². The standard InChI is InChI=1S/C10H18N4O2/c1-10(16,6-14(2)3)5-11-8-4-9(15)13-7-12-8/h4,7,16H,5-6H2,1-3H3,(H2,11,12,13,15). The van der Waals surface area contributed by atoms with Gasteiger partial charge in [0, 0.05) is 19.2 Å². The topological polar surface area (TPSA) is 81.2 Å². The van der Waals surface area contributed by atoms with Crippen LogP contribution in [0, 0.1) is 0 Å². The fraction of sp³-hybridized carbons (Fsp3) is 0.600. The summed E-state index contributed by atoms with van der Waals surface area (Å²) >= 11 is 0. The highest BCUT2D eigenvalue weighted by Gasteiger charge is 2.20. The van der Waals surface area contributed by atoms with Crippen molar-refractivity contribution in [2.75, 3.05) is 32.5 Å². The number of hydrogen-bond acceptors (Lipinski definition) is 5. The van der Waals surface area contributed by atoms with Crippen LogP contribution in [0.5, 0.6) is 0 Å². The molecular formula is C10H18N4O2. The van der Waals surface area contributed by atoms with Crippen LogP contribution in [-0.4, -0.2) is 52.8 Å². The molecule has 1 unspecified atom stereocenters. The van der Waals surface area contributed by atoms with E-state index in [-0.39, 0.29) is 5.56 Å². The molecule has 1 atom stereocenters. The number of rotatable bonds is 5. The Balaban J connectivity index is 2.54. The van der Waals surface area contributed by atoms with Gasteiger partial charge in [0.25, 0.3) is 5.56 Å². The van der Waals surface area contributed by atoms with Crippen molar-refractivity contribution in [3.63, 3.8) is 0 Å². The van der Waals surface area contributed by atoms with E-state index in [1.54, 1.807) is 6.92 Å². The molecule has 90 valence electrons. The zero-order valence-electron chi connectivity index (χ0n) is 9.82. The molecule has 1 heterocycles. The first kappa shape index (κ1) is 12.7. The zero-order valence-corrected chi connectivity index (χ0v) is 9.82. The van der Waals surface area contributed by atoms with Gasteiger partial charge in [-0.05, 0) is 21.0 Å². The summed E-state index contributed by atoms with van der Waals surface area (Å²) in [6, 6.07) is 1.35. The normalized spacial score (nSPS) is 14.8. The van der Waals surface area contributed by atoms with Crippen molar-refractivity contribution in [3.8, 4) is 0 Å². The van der Waals surface area contributed by atoms with E-state index >= 15 is 0 Å². The molecule has 6 heteroatoms. The van der Waals surface area contributed by atoms with E-state index in [0.29, 0.717) is 18.9 Å². The molecule has 0 bridgehead atoms. The van der Waals surface area contributed by atoms with Gasteiger partial charge in [-0.1, -0.05) is 0 Å². The minimum absolute atomic E-state index is 0.218. The lowest BCUT2D eigenvalue weighted by atomic mass is 10.1. The number of likely N-dealkylation sites (N-methyl/N-ethyl adjacent to an activating group) is 1. The monoisotopic (exact) mass is 226 g/mol. The van der Waals surface area contributed by atoms with E-state index in [1.165, 1.54) is 12.4 Å². The first-order chi connectivity index (χ1) is 7.39. The van der Waals surface area contributed by atoms with Crippen molar-refractivity contribution in [2.24, 2.45) is 0 Å². The van der Waals surface area contributed by atoms with Crippen molar-refractivity contribution in [1.29, 1.82) is 0 Å². The molecule has 0 aliphatic carbocycles. The average Bonchev–Trinajstić information content (AvgIpc) is 2.13. The van der Waals surface area contributed by atoms with Gasteiger partial charge < -0.3 is 20.3 Å². The van der Waals surface area contributed by atoms with E-state index in [0.717, 1.165) is 0 Å². The second-order valence-corrected chi connectivity index (χ2v) is 4.38. The zero-order chi connectivity index (χ0) is 12.2. The van der Waals surface area contributed by atoms with E-state index in [2.05, 4.69) is 15.3 Å². The number of nitrogens with one attached hydrogen (secondary N) is 2. The predicted molar refractivity (Wildman–Crippen MR) is 62.5 cm³/mol. The molecule has 1 aromatic heterocycles. The van der Waals surface area contributed by atoms with Gasteiger partial charge in [0.1, 0.15) is 5.82 Å². The van der Waals surface area contributed by atoms with E-state index in [9.17, 15) is 9.90 Å². The van der Waals surface area contributed by atoms with Gasteiger partial charge in [-0.2, -0.15) is 0 Å². The van der Waals surface area contributed by atoms with Crippen LogP contribution in [0.1, 0.15) is 6.92 Å². The maximum absolute atomic E-state index is 11.0. The van der Waals surface area contributed by atoms with E-state index < -0.39 is 5.60 Å². The predicted octanol–water partition coefficient (Wildman–Crippen LogP) is -0.506.